The number of benzene rings is 2. The van der Waals surface area contributed by atoms with Crippen molar-refractivity contribution >= 4 is 28.6 Å². The maximum atomic E-state index is 15.5. The van der Waals surface area contributed by atoms with E-state index in [9.17, 15) is 18.4 Å². The molecule has 0 saturated heterocycles. The number of aryl methyl sites for hydroxylation is 1. The molecule has 42 heavy (non-hydrogen) atoms. The molecule has 7 nitrogen and oxygen atoms in total. The van der Waals surface area contributed by atoms with Crippen molar-refractivity contribution in [1.82, 2.24) is 9.88 Å². The molecule has 1 aromatic heterocycles. The molecular formula is C32H40F3N3O4. The fourth-order valence-electron chi connectivity index (χ4n) is 5.09. The summed E-state index contributed by atoms with van der Waals surface area (Å²) in [5, 5.41) is 6.27. The fraction of sp³-hybridized carbons (Fsp3) is 0.500. The minimum atomic E-state index is -3.32. The van der Waals surface area contributed by atoms with Gasteiger partial charge in [-0.25, -0.2) is 9.18 Å². The lowest BCUT2D eigenvalue weighted by Crippen LogP contribution is -2.34. The van der Waals surface area contributed by atoms with Crippen molar-refractivity contribution in [1.29, 1.82) is 0 Å². The Hall–Kier alpha value is -3.69. The smallest absolute Gasteiger partial charge is 0.407 e. The lowest BCUT2D eigenvalue weighted by atomic mass is 9.92. The van der Waals surface area contributed by atoms with Gasteiger partial charge in [0.25, 0.3) is 0 Å². The van der Waals surface area contributed by atoms with Gasteiger partial charge in [0.05, 0.1) is 16.6 Å². The number of halogens is 3. The number of alkyl halides is 2. The number of nitrogens with one attached hydrogen (secondary N) is 2. The third-order valence-electron chi connectivity index (χ3n) is 7.21. The molecule has 0 unspecified atom stereocenters. The fourth-order valence-corrected chi connectivity index (χ4v) is 5.09. The SMILES string of the molecule is Cc1cc(C2(C(=O)Nc3cc4cc(C(C)(C)C)n(CCNC(=O)OC(C)(C)C)c4cc3F)CC2)ccc1OC(C)(F)F. The summed E-state index contributed by atoms with van der Waals surface area (Å²) in [6.07, 6.45) is -2.73. The van der Waals surface area contributed by atoms with Crippen LogP contribution in [0.4, 0.5) is 23.7 Å². The Labute approximate surface area is 244 Å². The van der Waals surface area contributed by atoms with Crippen molar-refractivity contribution in [2.24, 2.45) is 0 Å². The van der Waals surface area contributed by atoms with Crippen LogP contribution in [0.15, 0.2) is 36.4 Å². The monoisotopic (exact) mass is 587 g/mol. The molecule has 10 heteroatoms. The Morgan fingerprint density at radius 3 is 2.21 bits per heavy atom. The third-order valence-corrected chi connectivity index (χ3v) is 7.21. The minimum absolute atomic E-state index is 0.0411. The van der Waals surface area contributed by atoms with Crippen LogP contribution in [0.25, 0.3) is 10.9 Å². The molecule has 3 aromatic rings. The van der Waals surface area contributed by atoms with Gasteiger partial charge in [0.2, 0.25) is 5.91 Å². The molecule has 4 rings (SSSR count). The van der Waals surface area contributed by atoms with Gasteiger partial charge in [-0.1, -0.05) is 32.9 Å². The van der Waals surface area contributed by atoms with Gasteiger partial charge in [-0.3, -0.25) is 4.79 Å². The molecular weight excluding hydrogens is 547 g/mol. The van der Waals surface area contributed by atoms with E-state index in [1.807, 2.05) is 10.6 Å². The maximum Gasteiger partial charge on any atom is 0.407 e. The van der Waals surface area contributed by atoms with E-state index in [1.54, 1.807) is 45.9 Å². The zero-order valence-electron chi connectivity index (χ0n) is 25.5. The van der Waals surface area contributed by atoms with Crippen molar-refractivity contribution in [3.63, 3.8) is 0 Å². The summed E-state index contributed by atoms with van der Waals surface area (Å²) in [6.45, 7) is 14.5. The van der Waals surface area contributed by atoms with Gasteiger partial charge in [-0.15, -0.1) is 0 Å². The van der Waals surface area contributed by atoms with Crippen molar-refractivity contribution in [2.75, 3.05) is 11.9 Å². The zero-order chi connectivity index (χ0) is 31.3. The predicted molar refractivity (Wildman–Crippen MR) is 157 cm³/mol. The standard InChI is InChI=1S/C32H40F3N3O4/c1-19-15-21(9-10-25(19)41-31(8,34)35)32(11-12-32)27(39)37-23-16-20-17-26(29(2,3)4)38(24(20)18-22(23)33)14-13-36-28(40)42-30(5,6)7/h9-10,15-18H,11-14H2,1-8H3,(H,36,40)(H,37,39). The van der Waals surface area contributed by atoms with E-state index in [1.165, 1.54) is 12.1 Å². The van der Waals surface area contributed by atoms with Gasteiger partial charge in [-0.2, -0.15) is 8.78 Å². The number of hydrogen-bond donors (Lipinski definition) is 2. The van der Waals surface area contributed by atoms with E-state index in [0.29, 0.717) is 43.0 Å². The quantitative estimate of drug-likeness (QED) is 0.285. The van der Waals surface area contributed by atoms with Gasteiger partial charge in [0, 0.05) is 42.6 Å². The summed E-state index contributed by atoms with van der Waals surface area (Å²) in [4.78, 5) is 25.6. The van der Waals surface area contributed by atoms with E-state index in [4.69, 9.17) is 9.47 Å². The Balaban J connectivity index is 1.57. The van der Waals surface area contributed by atoms with Crippen LogP contribution in [-0.4, -0.2) is 34.8 Å². The average molecular weight is 588 g/mol. The number of rotatable bonds is 8. The van der Waals surface area contributed by atoms with E-state index < -0.39 is 29.0 Å². The molecule has 1 fully saturated rings. The van der Waals surface area contributed by atoms with Crippen LogP contribution >= 0.6 is 0 Å². The Kier molecular flexibility index (Phi) is 8.08. The number of amides is 2. The summed E-state index contributed by atoms with van der Waals surface area (Å²) < 4.78 is 54.2. The van der Waals surface area contributed by atoms with Crippen LogP contribution in [0.3, 0.4) is 0 Å². The lowest BCUT2D eigenvalue weighted by Gasteiger charge is -2.23. The largest absolute Gasteiger partial charge is 0.444 e. The Bertz CT molecular complexity index is 1510. The molecule has 0 aliphatic heterocycles. The van der Waals surface area contributed by atoms with Crippen LogP contribution < -0.4 is 15.4 Å². The number of carbonyl (C=O) groups excluding carboxylic acids is 2. The first-order valence-electron chi connectivity index (χ1n) is 14.1. The van der Waals surface area contributed by atoms with E-state index in [-0.39, 0.29) is 29.3 Å². The van der Waals surface area contributed by atoms with Gasteiger partial charge < -0.3 is 24.7 Å². The summed E-state index contributed by atoms with van der Waals surface area (Å²) in [5.74, 6) is -0.900. The summed E-state index contributed by atoms with van der Waals surface area (Å²) in [7, 11) is 0. The first kappa shape index (κ1) is 31.3. The summed E-state index contributed by atoms with van der Waals surface area (Å²) >= 11 is 0. The van der Waals surface area contributed by atoms with Gasteiger partial charge in [-0.05, 0) is 69.9 Å². The van der Waals surface area contributed by atoms with Crippen LogP contribution in [0.5, 0.6) is 5.75 Å². The van der Waals surface area contributed by atoms with Crippen LogP contribution in [0, 0.1) is 12.7 Å². The molecule has 2 aromatic carbocycles. The van der Waals surface area contributed by atoms with Crippen molar-refractivity contribution < 1.29 is 32.2 Å². The molecule has 1 heterocycles. The second-order valence-corrected chi connectivity index (χ2v) is 13.2. The second-order valence-electron chi connectivity index (χ2n) is 13.2. The van der Waals surface area contributed by atoms with Crippen LogP contribution in [0.1, 0.15) is 78.1 Å². The number of nitrogens with zero attached hydrogens (tertiary/aromatic N) is 1. The number of hydrogen-bond acceptors (Lipinski definition) is 4. The number of fused-ring (bicyclic) bond motifs is 1. The number of alkyl carbamates (subject to hydrolysis) is 1. The van der Waals surface area contributed by atoms with E-state index in [0.717, 1.165) is 11.1 Å². The Morgan fingerprint density at radius 2 is 1.67 bits per heavy atom. The minimum Gasteiger partial charge on any atom is -0.444 e. The van der Waals surface area contributed by atoms with Crippen molar-refractivity contribution in [3.05, 3.63) is 59.0 Å². The van der Waals surface area contributed by atoms with Crippen LogP contribution in [0.2, 0.25) is 0 Å². The molecule has 0 atom stereocenters. The lowest BCUT2D eigenvalue weighted by molar-refractivity contribution is -0.159. The zero-order valence-corrected chi connectivity index (χ0v) is 25.5. The van der Waals surface area contributed by atoms with Crippen LogP contribution in [-0.2, 0) is 26.9 Å². The predicted octanol–water partition coefficient (Wildman–Crippen LogP) is 7.57. The number of carbonyl (C=O) groups is 2. The molecule has 0 radical (unpaired) electrons. The van der Waals surface area contributed by atoms with Gasteiger partial charge in [0.1, 0.15) is 17.2 Å². The van der Waals surface area contributed by atoms with Crippen molar-refractivity contribution in [3.8, 4) is 5.75 Å². The molecule has 1 aliphatic carbocycles. The number of aromatic nitrogens is 1. The maximum absolute atomic E-state index is 15.5. The highest BCUT2D eigenvalue weighted by molar-refractivity contribution is 6.02. The first-order valence-corrected chi connectivity index (χ1v) is 14.1. The number of ether oxygens (including phenoxy) is 2. The summed E-state index contributed by atoms with van der Waals surface area (Å²) in [5.41, 5.74) is 1.04. The second kappa shape index (κ2) is 10.9. The molecule has 2 N–H and O–H groups in total. The highest BCUT2D eigenvalue weighted by Gasteiger charge is 2.51. The highest BCUT2D eigenvalue weighted by atomic mass is 19.3. The van der Waals surface area contributed by atoms with E-state index >= 15 is 4.39 Å². The molecule has 228 valence electrons. The highest BCUT2D eigenvalue weighted by Crippen LogP contribution is 2.50. The van der Waals surface area contributed by atoms with E-state index in [2.05, 4.69) is 31.4 Å². The molecule has 0 spiro atoms. The average Bonchev–Trinajstić information content (AvgIpc) is 3.56. The summed E-state index contributed by atoms with van der Waals surface area (Å²) in [6, 6.07) is 9.72. The van der Waals surface area contributed by atoms with Crippen molar-refractivity contribution in [2.45, 2.75) is 97.3 Å². The molecule has 2 amide bonds. The normalized spacial score (nSPS) is 14.9. The van der Waals surface area contributed by atoms with Gasteiger partial charge in [0.15, 0.2) is 0 Å². The molecule has 0 bridgehead atoms. The molecule has 1 saturated carbocycles. The molecule has 1 aliphatic rings. The Morgan fingerprint density at radius 1 is 1.00 bits per heavy atom. The topological polar surface area (TPSA) is 81.6 Å². The third kappa shape index (κ3) is 7.02. The first-order chi connectivity index (χ1) is 19.3. The number of anilines is 1. The van der Waals surface area contributed by atoms with Gasteiger partial charge >= 0.3 is 12.2 Å².